The Balaban J connectivity index is 0.000000845. The smallest absolute Gasteiger partial charge is 0.00753 e. The molecule has 0 radical (unpaired) electrons. The van der Waals surface area contributed by atoms with Crippen molar-refractivity contribution in [2.45, 2.75) is 38.0 Å². The van der Waals surface area contributed by atoms with E-state index in [4.69, 9.17) is 0 Å². The largest absolute Gasteiger partial charge is 0.344 e. The van der Waals surface area contributed by atoms with Crippen molar-refractivity contribution in [2.75, 3.05) is 0 Å². The lowest BCUT2D eigenvalue weighted by Crippen LogP contribution is -2.16. The summed E-state index contributed by atoms with van der Waals surface area (Å²) in [6.07, 6.45) is 5.56. The Morgan fingerprint density at radius 1 is 1.00 bits per heavy atom. The quantitative estimate of drug-likeness (QED) is 0.697. The second-order valence-electron chi connectivity index (χ2n) is 4.13. The van der Waals surface area contributed by atoms with Crippen molar-refractivity contribution in [2.24, 2.45) is 0 Å². The van der Waals surface area contributed by atoms with Crippen molar-refractivity contribution in [1.82, 2.24) is 6.15 Å². The summed E-state index contributed by atoms with van der Waals surface area (Å²) in [6, 6.07) is 10.9. The third-order valence-electron chi connectivity index (χ3n) is 3.18. The van der Waals surface area contributed by atoms with Crippen LogP contribution in [0.3, 0.4) is 0 Å². The van der Waals surface area contributed by atoms with Gasteiger partial charge in [0.05, 0.1) is 0 Å². The Kier molecular flexibility index (Phi) is 3.10. The van der Waals surface area contributed by atoms with Crippen LogP contribution in [-0.2, 0) is 5.41 Å². The summed E-state index contributed by atoms with van der Waals surface area (Å²) >= 11 is 0. The van der Waals surface area contributed by atoms with E-state index in [1.807, 2.05) is 0 Å². The Labute approximate surface area is 80.8 Å². The SMILES string of the molecule is CC1(c2ccccc2)CCCC1.N. The van der Waals surface area contributed by atoms with Gasteiger partial charge in [0.1, 0.15) is 0 Å². The lowest BCUT2D eigenvalue weighted by Gasteiger charge is -2.23. The summed E-state index contributed by atoms with van der Waals surface area (Å²) in [5, 5.41) is 0. The molecule has 1 aliphatic carbocycles. The third kappa shape index (κ3) is 1.92. The lowest BCUT2D eigenvalue weighted by atomic mass is 9.81. The topological polar surface area (TPSA) is 35.0 Å². The van der Waals surface area contributed by atoms with Crippen LogP contribution in [0.4, 0.5) is 0 Å². The average molecular weight is 177 g/mol. The van der Waals surface area contributed by atoms with E-state index in [1.54, 1.807) is 0 Å². The molecule has 1 saturated carbocycles. The molecule has 1 aromatic rings. The maximum Gasteiger partial charge on any atom is -0.00753 e. The van der Waals surface area contributed by atoms with Gasteiger partial charge in [0.15, 0.2) is 0 Å². The Bertz CT molecular complexity index is 247. The van der Waals surface area contributed by atoms with Crippen LogP contribution in [0.15, 0.2) is 30.3 Å². The predicted molar refractivity (Wildman–Crippen MR) is 57.3 cm³/mol. The molecule has 0 spiro atoms. The van der Waals surface area contributed by atoms with E-state index >= 15 is 0 Å². The molecule has 0 bridgehead atoms. The van der Waals surface area contributed by atoms with Crippen LogP contribution in [0.25, 0.3) is 0 Å². The van der Waals surface area contributed by atoms with E-state index in [9.17, 15) is 0 Å². The van der Waals surface area contributed by atoms with E-state index < -0.39 is 0 Å². The molecule has 0 amide bonds. The zero-order valence-electron chi connectivity index (χ0n) is 8.42. The molecule has 0 atom stereocenters. The first-order valence-electron chi connectivity index (χ1n) is 4.87. The lowest BCUT2D eigenvalue weighted by molar-refractivity contribution is 0.491. The van der Waals surface area contributed by atoms with Gasteiger partial charge in [-0.25, -0.2) is 0 Å². The summed E-state index contributed by atoms with van der Waals surface area (Å²) in [6.45, 7) is 2.40. The van der Waals surface area contributed by atoms with Crippen LogP contribution in [-0.4, -0.2) is 0 Å². The maximum absolute atomic E-state index is 2.40. The van der Waals surface area contributed by atoms with Crippen molar-refractivity contribution in [3.63, 3.8) is 0 Å². The zero-order valence-corrected chi connectivity index (χ0v) is 8.42. The van der Waals surface area contributed by atoms with Crippen molar-refractivity contribution >= 4 is 0 Å². The van der Waals surface area contributed by atoms with Gasteiger partial charge in [-0.1, -0.05) is 50.1 Å². The Morgan fingerprint density at radius 3 is 2.08 bits per heavy atom. The monoisotopic (exact) mass is 177 g/mol. The van der Waals surface area contributed by atoms with Gasteiger partial charge in [-0.05, 0) is 23.8 Å². The molecular formula is C12H19N. The molecule has 1 aromatic carbocycles. The molecule has 0 heterocycles. The van der Waals surface area contributed by atoms with Gasteiger partial charge in [-0.15, -0.1) is 0 Å². The fourth-order valence-corrected chi connectivity index (χ4v) is 2.28. The van der Waals surface area contributed by atoms with Crippen LogP contribution in [0.5, 0.6) is 0 Å². The second kappa shape index (κ2) is 3.93. The first-order chi connectivity index (χ1) is 5.81. The highest BCUT2D eigenvalue weighted by Crippen LogP contribution is 2.40. The molecule has 0 aliphatic heterocycles. The minimum atomic E-state index is 0. The van der Waals surface area contributed by atoms with Crippen molar-refractivity contribution in [1.29, 1.82) is 0 Å². The highest BCUT2D eigenvalue weighted by atomic mass is 14.3. The van der Waals surface area contributed by atoms with Crippen LogP contribution >= 0.6 is 0 Å². The maximum atomic E-state index is 2.40. The number of hydrogen-bond acceptors (Lipinski definition) is 1. The number of benzene rings is 1. The van der Waals surface area contributed by atoms with Crippen molar-refractivity contribution in [3.8, 4) is 0 Å². The first-order valence-corrected chi connectivity index (χ1v) is 4.87. The summed E-state index contributed by atoms with van der Waals surface area (Å²) in [4.78, 5) is 0. The predicted octanol–water partition coefficient (Wildman–Crippen LogP) is 3.68. The standard InChI is InChI=1S/C12H16.H3N/c1-12(9-5-6-10-12)11-7-3-2-4-8-11;/h2-4,7-8H,5-6,9-10H2,1H3;1H3. The van der Waals surface area contributed by atoms with E-state index in [0.29, 0.717) is 5.41 Å². The van der Waals surface area contributed by atoms with Gasteiger partial charge in [0.25, 0.3) is 0 Å². The first kappa shape index (κ1) is 10.3. The molecule has 0 aromatic heterocycles. The third-order valence-corrected chi connectivity index (χ3v) is 3.18. The van der Waals surface area contributed by atoms with Crippen molar-refractivity contribution in [3.05, 3.63) is 35.9 Å². The van der Waals surface area contributed by atoms with Gasteiger partial charge in [-0.2, -0.15) is 0 Å². The second-order valence-corrected chi connectivity index (χ2v) is 4.13. The zero-order chi connectivity index (χ0) is 8.44. The molecule has 0 unspecified atom stereocenters. The summed E-state index contributed by atoms with van der Waals surface area (Å²) in [7, 11) is 0. The molecule has 1 fully saturated rings. The average Bonchev–Trinajstić information content (AvgIpc) is 2.55. The summed E-state index contributed by atoms with van der Waals surface area (Å²) in [5.74, 6) is 0. The van der Waals surface area contributed by atoms with Gasteiger partial charge in [0.2, 0.25) is 0 Å². The van der Waals surface area contributed by atoms with Crippen molar-refractivity contribution < 1.29 is 0 Å². The van der Waals surface area contributed by atoms with Gasteiger partial charge in [-0.3, -0.25) is 0 Å². The molecule has 1 aliphatic rings. The molecule has 1 nitrogen and oxygen atoms in total. The molecule has 0 saturated heterocycles. The van der Waals surface area contributed by atoms with Gasteiger partial charge in [0, 0.05) is 0 Å². The summed E-state index contributed by atoms with van der Waals surface area (Å²) < 4.78 is 0. The molecule has 1 heteroatoms. The fraction of sp³-hybridized carbons (Fsp3) is 0.500. The Morgan fingerprint density at radius 2 is 1.54 bits per heavy atom. The van der Waals surface area contributed by atoms with E-state index in [0.717, 1.165) is 0 Å². The molecule has 2 rings (SSSR count). The van der Waals surface area contributed by atoms with E-state index in [1.165, 1.54) is 31.2 Å². The van der Waals surface area contributed by atoms with Crippen LogP contribution < -0.4 is 6.15 Å². The molecule has 3 N–H and O–H groups in total. The highest BCUT2D eigenvalue weighted by Gasteiger charge is 2.29. The van der Waals surface area contributed by atoms with Gasteiger partial charge < -0.3 is 6.15 Å². The number of rotatable bonds is 1. The minimum Gasteiger partial charge on any atom is -0.344 e. The number of hydrogen-bond donors (Lipinski definition) is 1. The van der Waals surface area contributed by atoms with E-state index in [2.05, 4.69) is 37.3 Å². The normalized spacial score (nSPS) is 19.5. The van der Waals surface area contributed by atoms with Gasteiger partial charge >= 0.3 is 0 Å². The molecular weight excluding hydrogens is 158 g/mol. The van der Waals surface area contributed by atoms with Crippen LogP contribution in [0.2, 0.25) is 0 Å². The van der Waals surface area contributed by atoms with Crippen LogP contribution in [0, 0.1) is 0 Å². The fourth-order valence-electron chi connectivity index (χ4n) is 2.28. The van der Waals surface area contributed by atoms with Crippen LogP contribution in [0.1, 0.15) is 38.2 Å². The Hall–Kier alpha value is -0.820. The minimum absolute atomic E-state index is 0. The summed E-state index contributed by atoms with van der Waals surface area (Å²) in [5.41, 5.74) is 2.02. The molecule has 13 heavy (non-hydrogen) atoms. The molecule has 72 valence electrons. The van der Waals surface area contributed by atoms with E-state index in [-0.39, 0.29) is 6.15 Å². The highest BCUT2D eigenvalue weighted by molar-refractivity contribution is 5.25.